The van der Waals surface area contributed by atoms with Crippen LogP contribution in [0.3, 0.4) is 0 Å². The standard InChI is InChI=1S/C19H26N2O6/c1-13-6-5-7-15(16(13)21(24)25)17(22)26-12-14-8-10-20(11-9-14)18(23)27-19(2,3)4/h5-7,14H,8-12H2,1-4H3. The van der Waals surface area contributed by atoms with E-state index in [9.17, 15) is 19.7 Å². The van der Waals surface area contributed by atoms with Gasteiger partial charge in [-0.1, -0.05) is 12.1 Å². The molecule has 27 heavy (non-hydrogen) atoms. The number of amides is 1. The second kappa shape index (κ2) is 8.37. The highest BCUT2D eigenvalue weighted by molar-refractivity contribution is 5.94. The first-order valence-electron chi connectivity index (χ1n) is 8.97. The monoisotopic (exact) mass is 378 g/mol. The van der Waals surface area contributed by atoms with Crippen molar-refractivity contribution in [2.24, 2.45) is 5.92 Å². The number of nitro groups is 1. The van der Waals surface area contributed by atoms with Crippen LogP contribution >= 0.6 is 0 Å². The molecule has 148 valence electrons. The summed E-state index contributed by atoms with van der Waals surface area (Å²) in [6, 6.07) is 4.58. The van der Waals surface area contributed by atoms with Gasteiger partial charge in [0.05, 0.1) is 11.5 Å². The minimum atomic E-state index is -0.694. The second-order valence-corrected chi connectivity index (χ2v) is 7.74. The summed E-state index contributed by atoms with van der Waals surface area (Å²) in [5.74, 6) is -0.587. The zero-order valence-electron chi connectivity index (χ0n) is 16.2. The van der Waals surface area contributed by atoms with Gasteiger partial charge in [-0.3, -0.25) is 10.1 Å². The molecule has 0 N–H and O–H groups in total. The number of hydrogen-bond acceptors (Lipinski definition) is 6. The van der Waals surface area contributed by atoms with E-state index in [4.69, 9.17) is 9.47 Å². The van der Waals surface area contributed by atoms with E-state index in [2.05, 4.69) is 0 Å². The van der Waals surface area contributed by atoms with Crippen molar-refractivity contribution in [2.75, 3.05) is 19.7 Å². The number of ether oxygens (including phenoxy) is 2. The fourth-order valence-corrected chi connectivity index (χ4v) is 2.95. The number of carbonyl (C=O) groups excluding carboxylic acids is 2. The summed E-state index contributed by atoms with van der Waals surface area (Å²) in [5.41, 5.74) is -0.375. The van der Waals surface area contributed by atoms with Crippen LogP contribution in [-0.4, -0.2) is 47.2 Å². The number of para-hydroxylation sites is 1. The Balaban J connectivity index is 1.87. The number of nitrogens with zero attached hydrogens (tertiary/aromatic N) is 2. The number of hydrogen-bond donors (Lipinski definition) is 0. The predicted molar refractivity (Wildman–Crippen MR) is 98.6 cm³/mol. The third-order valence-electron chi connectivity index (χ3n) is 4.36. The molecule has 2 rings (SSSR count). The maximum Gasteiger partial charge on any atom is 0.410 e. The zero-order chi connectivity index (χ0) is 20.2. The Morgan fingerprint density at radius 1 is 1.26 bits per heavy atom. The molecule has 8 heteroatoms. The molecule has 0 unspecified atom stereocenters. The molecule has 0 aromatic heterocycles. The molecule has 1 saturated heterocycles. The first-order chi connectivity index (χ1) is 12.6. The van der Waals surface area contributed by atoms with E-state index in [0.717, 1.165) is 0 Å². The van der Waals surface area contributed by atoms with Crippen molar-refractivity contribution in [2.45, 2.75) is 46.1 Å². The lowest BCUT2D eigenvalue weighted by Crippen LogP contribution is -2.42. The highest BCUT2D eigenvalue weighted by atomic mass is 16.6. The maximum absolute atomic E-state index is 12.3. The number of nitro benzene ring substituents is 1. The predicted octanol–water partition coefficient (Wildman–Crippen LogP) is 3.71. The van der Waals surface area contributed by atoms with E-state index in [0.29, 0.717) is 31.5 Å². The quantitative estimate of drug-likeness (QED) is 0.450. The Morgan fingerprint density at radius 3 is 2.44 bits per heavy atom. The van der Waals surface area contributed by atoms with Gasteiger partial charge in [-0.25, -0.2) is 9.59 Å². The van der Waals surface area contributed by atoms with E-state index in [-0.39, 0.29) is 29.9 Å². The molecule has 0 aliphatic carbocycles. The van der Waals surface area contributed by atoms with Gasteiger partial charge in [0, 0.05) is 18.7 Å². The number of aryl methyl sites for hydroxylation is 1. The number of likely N-dealkylation sites (tertiary alicyclic amines) is 1. The Hall–Kier alpha value is -2.64. The van der Waals surface area contributed by atoms with Gasteiger partial charge in [0.25, 0.3) is 5.69 Å². The maximum atomic E-state index is 12.3. The van der Waals surface area contributed by atoms with Crippen LogP contribution in [0.25, 0.3) is 0 Å². The topological polar surface area (TPSA) is 99.0 Å². The van der Waals surface area contributed by atoms with E-state index in [1.54, 1.807) is 24.0 Å². The Bertz CT molecular complexity index is 717. The SMILES string of the molecule is Cc1cccc(C(=O)OCC2CCN(C(=O)OC(C)(C)C)CC2)c1[N+](=O)[O-]. The summed E-state index contributed by atoms with van der Waals surface area (Å²) in [7, 11) is 0. The Labute approximate surface area is 158 Å². The average molecular weight is 378 g/mol. The van der Waals surface area contributed by atoms with Gasteiger partial charge in [0.2, 0.25) is 0 Å². The number of rotatable bonds is 4. The Kier molecular flexibility index (Phi) is 6.41. The van der Waals surface area contributed by atoms with Crippen molar-refractivity contribution in [3.8, 4) is 0 Å². The number of piperidine rings is 1. The van der Waals surface area contributed by atoms with Gasteiger partial charge in [0.1, 0.15) is 11.2 Å². The van der Waals surface area contributed by atoms with Crippen LogP contribution < -0.4 is 0 Å². The van der Waals surface area contributed by atoms with Gasteiger partial charge in [-0.2, -0.15) is 0 Å². The average Bonchev–Trinajstić information content (AvgIpc) is 2.58. The number of esters is 1. The molecule has 1 aromatic carbocycles. The minimum absolute atomic E-state index is 0.0359. The zero-order valence-corrected chi connectivity index (χ0v) is 16.2. The molecule has 1 amide bonds. The molecule has 0 radical (unpaired) electrons. The van der Waals surface area contributed by atoms with Gasteiger partial charge >= 0.3 is 12.1 Å². The highest BCUT2D eigenvalue weighted by Gasteiger charge is 2.28. The third kappa shape index (κ3) is 5.67. The van der Waals surface area contributed by atoms with Crippen LogP contribution in [0.2, 0.25) is 0 Å². The normalized spacial score (nSPS) is 15.3. The molecule has 1 fully saturated rings. The number of benzene rings is 1. The first-order valence-corrected chi connectivity index (χ1v) is 8.97. The molecular formula is C19H26N2O6. The Morgan fingerprint density at radius 2 is 1.89 bits per heavy atom. The summed E-state index contributed by atoms with van der Waals surface area (Å²) < 4.78 is 10.7. The molecule has 1 heterocycles. The number of carbonyl (C=O) groups is 2. The van der Waals surface area contributed by atoms with E-state index in [1.165, 1.54) is 6.07 Å². The van der Waals surface area contributed by atoms with Crippen molar-refractivity contribution in [1.82, 2.24) is 4.90 Å². The molecule has 0 spiro atoms. The molecule has 8 nitrogen and oxygen atoms in total. The summed E-state index contributed by atoms with van der Waals surface area (Å²) in [6.45, 7) is 8.28. The molecule has 0 atom stereocenters. The fraction of sp³-hybridized carbons (Fsp3) is 0.579. The molecule has 1 aromatic rings. The van der Waals surface area contributed by atoms with Gasteiger partial charge in [-0.05, 0) is 52.5 Å². The van der Waals surface area contributed by atoms with Crippen LogP contribution in [0.1, 0.15) is 49.5 Å². The van der Waals surface area contributed by atoms with Gasteiger partial charge in [0.15, 0.2) is 0 Å². The third-order valence-corrected chi connectivity index (χ3v) is 4.36. The van der Waals surface area contributed by atoms with Crippen LogP contribution in [0.5, 0.6) is 0 Å². The molecular weight excluding hydrogens is 352 g/mol. The van der Waals surface area contributed by atoms with Gasteiger partial charge in [-0.15, -0.1) is 0 Å². The van der Waals surface area contributed by atoms with Crippen LogP contribution in [0.15, 0.2) is 18.2 Å². The van der Waals surface area contributed by atoms with Crippen molar-refractivity contribution < 1.29 is 24.0 Å². The summed E-state index contributed by atoms with van der Waals surface area (Å²) in [6.07, 6.45) is 1.03. The summed E-state index contributed by atoms with van der Waals surface area (Å²) in [4.78, 5) is 36.6. The van der Waals surface area contributed by atoms with E-state index < -0.39 is 16.5 Å². The van der Waals surface area contributed by atoms with Crippen LogP contribution in [-0.2, 0) is 9.47 Å². The van der Waals surface area contributed by atoms with E-state index in [1.807, 2.05) is 20.8 Å². The van der Waals surface area contributed by atoms with Crippen molar-refractivity contribution in [1.29, 1.82) is 0 Å². The second-order valence-electron chi connectivity index (χ2n) is 7.74. The van der Waals surface area contributed by atoms with Crippen molar-refractivity contribution in [3.63, 3.8) is 0 Å². The molecule has 1 aliphatic rings. The van der Waals surface area contributed by atoms with Crippen LogP contribution in [0, 0.1) is 23.0 Å². The van der Waals surface area contributed by atoms with Crippen LogP contribution in [0.4, 0.5) is 10.5 Å². The van der Waals surface area contributed by atoms with Crippen molar-refractivity contribution >= 4 is 17.7 Å². The molecule has 0 bridgehead atoms. The summed E-state index contributed by atoms with van der Waals surface area (Å²) in [5, 5.41) is 11.2. The molecule has 1 aliphatic heterocycles. The lowest BCUT2D eigenvalue weighted by Gasteiger charge is -2.33. The summed E-state index contributed by atoms with van der Waals surface area (Å²) >= 11 is 0. The van der Waals surface area contributed by atoms with E-state index >= 15 is 0 Å². The molecule has 0 saturated carbocycles. The lowest BCUT2D eigenvalue weighted by molar-refractivity contribution is -0.385. The smallest absolute Gasteiger partial charge is 0.410 e. The van der Waals surface area contributed by atoms with Crippen molar-refractivity contribution in [3.05, 3.63) is 39.4 Å². The first kappa shape index (κ1) is 20.7. The largest absolute Gasteiger partial charge is 0.462 e. The lowest BCUT2D eigenvalue weighted by atomic mass is 9.98. The minimum Gasteiger partial charge on any atom is -0.462 e. The fourth-order valence-electron chi connectivity index (χ4n) is 2.95. The highest BCUT2D eigenvalue weighted by Crippen LogP contribution is 2.25. The van der Waals surface area contributed by atoms with Gasteiger partial charge < -0.3 is 14.4 Å².